The fraction of sp³-hybridized carbons (Fsp3) is 0.611. The van der Waals surface area contributed by atoms with Gasteiger partial charge in [0.05, 0.1) is 6.04 Å². The van der Waals surface area contributed by atoms with E-state index in [1.165, 1.54) is 11.1 Å². The lowest BCUT2D eigenvalue weighted by Crippen LogP contribution is -2.38. The quantitative estimate of drug-likeness (QED) is 0.928. The number of carbonyl (C=O) groups excluding carboxylic acids is 1. The van der Waals surface area contributed by atoms with Crippen molar-refractivity contribution in [3.05, 3.63) is 35.4 Å². The summed E-state index contributed by atoms with van der Waals surface area (Å²) in [6.07, 6.45) is 5.51. The van der Waals surface area contributed by atoms with Crippen molar-refractivity contribution in [3.63, 3.8) is 0 Å². The first-order valence-electron chi connectivity index (χ1n) is 8.28. The summed E-state index contributed by atoms with van der Waals surface area (Å²) in [6.45, 7) is 3.68. The van der Waals surface area contributed by atoms with Gasteiger partial charge in [-0.3, -0.25) is 4.79 Å². The third-order valence-electron chi connectivity index (χ3n) is 5.24. The molecule has 1 saturated heterocycles. The van der Waals surface area contributed by atoms with Crippen molar-refractivity contribution < 1.29 is 4.79 Å². The van der Waals surface area contributed by atoms with Crippen molar-refractivity contribution >= 4 is 5.91 Å². The van der Waals surface area contributed by atoms with Gasteiger partial charge in [0.2, 0.25) is 5.91 Å². The average molecular weight is 286 g/mol. The Labute approximate surface area is 127 Å². The van der Waals surface area contributed by atoms with Crippen LogP contribution in [0.15, 0.2) is 24.3 Å². The smallest absolute Gasteiger partial charge is 0.226 e. The molecule has 2 N–H and O–H groups in total. The van der Waals surface area contributed by atoms with Gasteiger partial charge in [-0.15, -0.1) is 0 Å². The van der Waals surface area contributed by atoms with Gasteiger partial charge in [0.25, 0.3) is 0 Å². The first-order chi connectivity index (χ1) is 10.2. The van der Waals surface area contributed by atoms with E-state index in [1.807, 2.05) is 0 Å². The Bertz CT molecular complexity index is 514. The number of amides is 1. The fourth-order valence-electron chi connectivity index (χ4n) is 4.11. The molecule has 0 spiro atoms. The van der Waals surface area contributed by atoms with Gasteiger partial charge in [0.15, 0.2) is 0 Å². The van der Waals surface area contributed by atoms with E-state index in [4.69, 9.17) is 5.73 Å². The summed E-state index contributed by atoms with van der Waals surface area (Å²) < 4.78 is 0. The molecular formula is C18H26N2O. The Morgan fingerprint density at radius 1 is 1.29 bits per heavy atom. The summed E-state index contributed by atoms with van der Waals surface area (Å²) in [5, 5.41) is 0. The van der Waals surface area contributed by atoms with E-state index in [0.29, 0.717) is 18.4 Å². The number of aryl methyl sites for hydroxylation is 1. The number of carbonyl (C=O) groups is 1. The highest BCUT2D eigenvalue weighted by Gasteiger charge is 2.39. The molecule has 114 valence electrons. The maximum absolute atomic E-state index is 13.0. The van der Waals surface area contributed by atoms with Crippen molar-refractivity contribution in [3.8, 4) is 0 Å². The number of nitrogens with zero attached hydrogens (tertiary/aromatic N) is 1. The molecule has 1 aromatic rings. The van der Waals surface area contributed by atoms with Crippen LogP contribution < -0.4 is 5.73 Å². The molecule has 2 fully saturated rings. The zero-order valence-corrected chi connectivity index (χ0v) is 12.9. The minimum absolute atomic E-state index is 0.167. The van der Waals surface area contributed by atoms with Crippen LogP contribution in [-0.4, -0.2) is 23.9 Å². The summed E-state index contributed by atoms with van der Waals surface area (Å²) in [7, 11) is 0. The molecule has 1 aliphatic carbocycles. The minimum Gasteiger partial charge on any atom is -0.335 e. The lowest BCUT2D eigenvalue weighted by Gasteiger charge is -2.30. The second kappa shape index (κ2) is 6.18. The third kappa shape index (κ3) is 2.84. The summed E-state index contributed by atoms with van der Waals surface area (Å²) in [5.41, 5.74) is 8.42. The molecule has 0 radical (unpaired) electrons. The molecule has 2 aliphatic rings. The Kier molecular flexibility index (Phi) is 4.29. The van der Waals surface area contributed by atoms with Crippen LogP contribution in [0.25, 0.3) is 0 Å². The first-order valence-corrected chi connectivity index (χ1v) is 8.28. The van der Waals surface area contributed by atoms with E-state index in [2.05, 4.69) is 36.1 Å². The van der Waals surface area contributed by atoms with E-state index < -0.39 is 0 Å². The van der Waals surface area contributed by atoms with Crippen molar-refractivity contribution in [2.45, 2.75) is 45.1 Å². The van der Waals surface area contributed by atoms with Crippen LogP contribution in [-0.2, 0) is 4.79 Å². The zero-order valence-electron chi connectivity index (χ0n) is 12.9. The molecule has 21 heavy (non-hydrogen) atoms. The van der Waals surface area contributed by atoms with Gasteiger partial charge in [-0.2, -0.15) is 0 Å². The second-order valence-corrected chi connectivity index (χ2v) is 6.64. The number of hydrogen-bond donors (Lipinski definition) is 1. The second-order valence-electron chi connectivity index (χ2n) is 6.64. The van der Waals surface area contributed by atoms with E-state index in [-0.39, 0.29) is 12.0 Å². The molecule has 1 aromatic carbocycles. The zero-order chi connectivity index (χ0) is 14.8. The van der Waals surface area contributed by atoms with Crippen LogP contribution >= 0.6 is 0 Å². The van der Waals surface area contributed by atoms with Crippen molar-refractivity contribution in [1.29, 1.82) is 0 Å². The average Bonchev–Trinajstić information content (AvgIpc) is 3.15. The predicted octanol–water partition coefficient (Wildman–Crippen LogP) is 3.03. The van der Waals surface area contributed by atoms with Gasteiger partial charge in [-0.25, -0.2) is 0 Å². The lowest BCUT2D eigenvalue weighted by molar-refractivity contribution is -0.137. The molecule has 1 saturated carbocycles. The largest absolute Gasteiger partial charge is 0.335 e. The van der Waals surface area contributed by atoms with Gasteiger partial charge < -0.3 is 10.6 Å². The Morgan fingerprint density at radius 2 is 2.14 bits per heavy atom. The molecular weight excluding hydrogens is 260 g/mol. The van der Waals surface area contributed by atoms with Crippen LogP contribution in [0.4, 0.5) is 0 Å². The van der Waals surface area contributed by atoms with Crippen LogP contribution in [0.3, 0.4) is 0 Å². The Balaban J connectivity index is 1.79. The Hall–Kier alpha value is -1.35. The van der Waals surface area contributed by atoms with Gasteiger partial charge in [0, 0.05) is 12.5 Å². The highest BCUT2D eigenvalue weighted by atomic mass is 16.2. The van der Waals surface area contributed by atoms with Gasteiger partial charge in [-0.1, -0.05) is 36.2 Å². The molecule has 3 atom stereocenters. The van der Waals surface area contributed by atoms with Crippen molar-refractivity contribution in [1.82, 2.24) is 4.90 Å². The lowest BCUT2D eigenvalue weighted by atomic mass is 9.93. The van der Waals surface area contributed by atoms with E-state index in [9.17, 15) is 4.79 Å². The fourth-order valence-corrected chi connectivity index (χ4v) is 4.11. The minimum atomic E-state index is 0.167. The number of nitrogens with two attached hydrogens (primary N) is 1. The molecule has 1 unspecified atom stereocenters. The van der Waals surface area contributed by atoms with E-state index >= 15 is 0 Å². The van der Waals surface area contributed by atoms with Crippen LogP contribution in [0, 0.1) is 18.8 Å². The standard InChI is InChI=1S/C18H26N2O/c1-13-5-2-6-14(11-13)17-9-4-10-20(17)18(21)16-8-3-7-15(16)12-19/h2,5-6,11,15-17H,3-4,7-10,12,19H2,1H3/t15-,16-,17?/m1/s1. The number of hydrogen-bond acceptors (Lipinski definition) is 2. The van der Waals surface area contributed by atoms with Crippen molar-refractivity contribution in [2.75, 3.05) is 13.1 Å². The van der Waals surface area contributed by atoms with E-state index in [0.717, 1.165) is 38.6 Å². The van der Waals surface area contributed by atoms with Crippen molar-refractivity contribution in [2.24, 2.45) is 17.6 Å². The van der Waals surface area contributed by atoms with E-state index in [1.54, 1.807) is 0 Å². The Morgan fingerprint density at radius 3 is 2.90 bits per heavy atom. The SMILES string of the molecule is Cc1cccc(C2CCCN2C(=O)[C@@H]2CCC[C@@H]2CN)c1. The highest BCUT2D eigenvalue weighted by Crippen LogP contribution is 2.38. The molecule has 3 nitrogen and oxygen atoms in total. The number of rotatable bonds is 3. The molecule has 0 aromatic heterocycles. The van der Waals surface area contributed by atoms with Crippen LogP contribution in [0.2, 0.25) is 0 Å². The van der Waals surface area contributed by atoms with Gasteiger partial charge in [0.1, 0.15) is 0 Å². The van der Waals surface area contributed by atoms with Crippen LogP contribution in [0.5, 0.6) is 0 Å². The molecule has 0 bridgehead atoms. The maximum atomic E-state index is 13.0. The number of likely N-dealkylation sites (tertiary alicyclic amines) is 1. The summed E-state index contributed by atoms with van der Waals surface area (Å²) in [4.78, 5) is 15.1. The normalized spacial score (nSPS) is 29.0. The monoisotopic (exact) mass is 286 g/mol. The predicted molar refractivity (Wildman–Crippen MR) is 84.8 cm³/mol. The summed E-state index contributed by atoms with van der Waals surface area (Å²) in [6, 6.07) is 8.89. The topological polar surface area (TPSA) is 46.3 Å². The molecule has 3 rings (SSSR count). The van der Waals surface area contributed by atoms with Gasteiger partial charge >= 0.3 is 0 Å². The first kappa shape index (κ1) is 14.6. The molecule has 1 heterocycles. The summed E-state index contributed by atoms with van der Waals surface area (Å²) >= 11 is 0. The molecule has 1 aliphatic heterocycles. The maximum Gasteiger partial charge on any atom is 0.226 e. The number of benzene rings is 1. The molecule has 3 heteroatoms. The molecule has 1 amide bonds. The van der Waals surface area contributed by atoms with Gasteiger partial charge in [-0.05, 0) is 50.6 Å². The third-order valence-corrected chi connectivity index (χ3v) is 5.24. The van der Waals surface area contributed by atoms with Crippen LogP contribution in [0.1, 0.15) is 49.3 Å². The summed E-state index contributed by atoms with van der Waals surface area (Å²) in [5.74, 6) is 0.920. The highest BCUT2D eigenvalue weighted by molar-refractivity contribution is 5.80.